The van der Waals surface area contributed by atoms with E-state index >= 15 is 0 Å². The molecular formula is C12H12OS. The van der Waals surface area contributed by atoms with Gasteiger partial charge >= 0.3 is 0 Å². The molecule has 0 saturated carbocycles. The predicted octanol–water partition coefficient (Wildman–Crippen LogP) is 3.67. The molecule has 1 heterocycles. The maximum Gasteiger partial charge on any atom is 0.160 e. The summed E-state index contributed by atoms with van der Waals surface area (Å²) in [5.41, 5.74) is 1.23. The second kappa shape index (κ2) is 3.93. The number of thiophene rings is 1. The van der Waals surface area contributed by atoms with Crippen LogP contribution in [-0.2, 0) is 6.42 Å². The monoisotopic (exact) mass is 204 g/mol. The minimum absolute atomic E-state index is 0.896. The van der Waals surface area contributed by atoms with Gasteiger partial charge in [-0.25, -0.2) is 0 Å². The summed E-state index contributed by atoms with van der Waals surface area (Å²) in [6.07, 6.45) is 3.06. The third-order valence-electron chi connectivity index (χ3n) is 2.34. The van der Waals surface area contributed by atoms with E-state index in [2.05, 4.69) is 19.1 Å². The molecule has 0 N–H and O–H groups in total. The van der Waals surface area contributed by atoms with Crippen LogP contribution in [0.1, 0.15) is 28.6 Å². The average molecular weight is 204 g/mol. The predicted molar refractivity (Wildman–Crippen MR) is 61.2 cm³/mol. The van der Waals surface area contributed by atoms with Gasteiger partial charge in [0.15, 0.2) is 6.29 Å². The molecule has 0 unspecified atom stereocenters. The fraction of sp³-hybridized carbons (Fsp3) is 0.250. The first kappa shape index (κ1) is 9.41. The first-order valence-corrected chi connectivity index (χ1v) is 5.64. The van der Waals surface area contributed by atoms with E-state index in [1.54, 1.807) is 11.3 Å². The van der Waals surface area contributed by atoms with Crippen molar-refractivity contribution in [1.29, 1.82) is 0 Å². The maximum atomic E-state index is 10.9. The molecule has 0 aliphatic rings. The van der Waals surface area contributed by atoms with Gasteiger partial charge in [-0.1, -0.05) is 31.5 Å². The Kier molecular flexibility index (Phi) is 2.64. The molecule has 2 aromatic rings. The van der Waals surface area contributed by atoms with E-state index in [0.717, 1.165) is 24.0 Å². The summed E-state index contributed by atoms with van der Waals surface area (Å²) in [6.45, 7) is 2.14. The van der Waals surface area contributed by atoms with Gasteiger partial charge in [0.05, 0.1) is 4.88 Å². The largest absolute Gasteiger partial charge is 0.297 e. The Labute approximate surface area is 87.4 Å². The van der Waals surface area contributed by atoms with Crippen LogP contribution in [0, 0.1) is 0 Å². The molecular weight excluding hydrogens is 192 g/mol. The summed E-state index contributed by atoms with van der Waals surface area (Å²) in [5, 5.41) is 1.25. The van der Waals surface area contributed by atoms with Gasteiger partial charge in [0.25, 0.3) is 0 Å². The van der Waals surface area contributed by atoms with Crippen LogP contribution in [0.2, 0.25) is 0 Å². The molecule has 0 fully saturated rings. The first-order valence-electron chi connectivity index (χ1n) is 4.82. The van der Waals surface area contributed by atoms with Gasteiger partial charge in [-0.3, -0.25) is 4.79 Å². The third kappa shape index (κ3) is 1.46. The fourth-order valence-corrected chi connectivity index (χ4v) is 2.79. The molecule has 1 aromatic carbocycles. The van der Waals surface area contributed by atoms with Crippen LogP contribution in [0.15, 0.2) is 24.3 Å². The van der Waals surface area contributed by atoms with E-state index in [9.17, 15) is 4.79 Å². The van der Waals surface area contributed by atoms with Crippen molar-refractivity contribution >= 4 is 27.7 Å². The van der Waals surface area contributed by atoms with E-state index in [0.29, 0.717) is 0 Å². The quantitative estimate of drug-likeness (QED) is 0.697. The van der Waals surface area contributed by atoms with Crippen LogP contribution >= 0.6 is 11.3 Å². The van der Waals surface area contributed by atoms with E-state index < -0.39 is 0 Å². The molecule has 0 saturated heterocycles. The SMILES string of the molecule is CCCc1c(C=O)sc2ccccc12. The average Bonchev–Trinajstić information content (AvgIpc) is 2.58. The van der Waals surface area contributed by atoms with Gasteiger partial charge < -0.3 is 0 Å². The standard InChI is InChI=1S/C12H12OS/c1-2-5-9-10-6-3-4-7-11(10)14-12(9)8-13/h3-4,6-8H,2,5H2,1H3. The highest BCUT2D eigenvalue weighted by Gasteiger charge is 2.09. The van der Waals surface area contributed by atoms with Gasteiger partial charge in [-0.15, -0.1) is 11.3 Å². The molecule has 0 radical (unpaired) electrons. The van der Waals surface area contributed by atoms with Gasteiger partial charge in [0.1, 0.15) is 0 Å². The van der Waals surface area contributed by atoms with Crippen LogP contribution in [0.4, 0.5) is 0 Å². The molecule has 0 atom stereocenters. The van der Waals surface area contributed by atoms with Crippen molar-refractivity contribution in [2.24, 2.45) is 0 Å². The van der Waals surface area contributed by atoms with Gasteiger partial charge in [0.2, 0.25) is 0 Å². The minimum atomic E-state index is 0.896. The lowest BCUT2D eigenvalue weighted by Gasteiger charge is -1.96. The molecule has 0 bridgehead atoms. The zero-order chi connectivity index (χ0) is 9.97. The molecule has 72 valence electrons. The summed E-state index contributed by atoms with van der Waals surface area (Å²) in [5.74, 6) is 0. The van der Waals surface area contributed by atoms with Crippen molar-refractivity contribution in [1.82, 2.24) is 0 Å². The Morgan fingerprint density at radius 1 is 1.36 bits per heavy atom. The molecule has 2 rings (SSSR count). The van der Waals surface area contributed by atoms with Gasteiger partial charge in [0, 0.05) is 4.70 Å². The summed E-state index contributed by atoms with van der Waals surface area (Å²) in [6, 6.07) is 8.22. The van der Waals surface area contributed by atoms with Crippen LogP contribution < -0.4 is 0 Å². The molecule has 0 aliphatic heterocycles. The second-order valence-corrected chi connectivity index (χ2v) is 4.39. The Morgan fingerprint density at radius 3 is 2.86 bits per heavy atom. The molecule has 2 heteroatoms. The van der Waals surface area contributed by atoms with Crippen molar-refractivity contribution in [3.63, 3.8) is 0 Å². The zero-order valence-corrected chi connectivity index (χ0v) is 8.93. The van der Waals surface area contributed by atoms with Crippen molar-refractivity contribution in [2.75, 3.05) is 0 Å². The van der Waals surface area contributed by atoms with E-state index in [-0.39, 0.29) is 0 Å². The smallest absolute Gasteiger partial charge is 0.160 e. The van der Waals surface area contributed by atoms with Gasteiger partial charge in [-0.05, 0) is 23.4 Å². The number of benzene rings is 1. The number of hydrogen-bond acceptors (Lipinski definition) is 2. The number of hydrogen-bond donors (Lipinski definition) is 0. The second-order valence-electron chi connectivity index (χ2n) is 3.31. The minimum Gasteiger partial charge on any atom is -0.297 e. The molecule has 0 aliphatic carbocycles. The fourth-order valence-electron chi connectivity index (χ4n) is 1.72. The number of carbonyl (C=O) groups is 1. The summed E-state index contributed by atoms with van der Waals surface area (Å²) < 4.78 is 1.22. The summed E-state index contributed by atoms with van der Waals surface area (Å²) in [4.78, 5) is 11.8. The van der Waals surface area contributed by atoms with Crippen molar-refractivity contribution in [3.05, 3.63) is 34.7 Å². The van der Waals surface area contributed by atoms with Crippen molar-refractivity contribution in [3.8, 4) is 0 Å². The number of aryl methyl sites for hydroxylation is 1. The Bertz CT molecular complexity index is 456. The zero-order valence-electron chi connectivity index (χ0n) is 8.12. The highest BCUT2D eigenvalue weighted by molar-refractivity contribution is 7.20. The van der Waals surface area contributed by atoms with Crippen molar-refractivity contribution in [2.45, 2.75) is 19.8 Å². The summed E-state index contributed by atoms with van der Waals surface area (Å²) >= 11 is 1.60. The van der Waals surface area contributed by atoms with Crippen molar-refractivity contribution < 1.29 is 4.79 Å². The molecule has 14 heavy (non-hydrogen) atoms. The Balaban J connectivity index is 2.67. The highest BCUT2D eigenvalue weighted by Crippen LogP contribution is 2.30. The third-order valence-corrected chi connectivity index (χ3v) is 3.48. The topological polar surface area (TPSA) is 17.1 Å². The van der Waals surface area contributed by atoms with Crippen LogP contribution in [0.25, 0.3) is 10.1 Å². The van der Waals surface area contributed by atoms with E-state index in [1.165, 1.54) is 15.6 Å². The van der Waals surface area contributed by atoms with E-state index in [1.807, 2.05) is 12.1 Å². The number of fused-ring (bicyclic) bond motifs is 1. The Morgan fingerprint density at radius 2 is 2.14 bits per heavy atom. The Hall–Kier alpha value is -1.15. The van der Waals surface area contributed by atoms with Crippen LogP contribution in [-0.4, -0.2) is 6.29 Å². The first-order chi connectivity index (χ1) is 6.86. The number of carbonyl (C=O) groups excluding carboxylic acids is 1. The lowest BCUT2D eigenvalue weighted by atomic mass is 10.1. The lowest BCUT2D eigenvalue weighted by molar-refractivity contribution is 0.112. The molecule has 0 spiro atoms. The van der Waals surface area contributed by atoms with E-state index in [4.69, 9.17) is 0 Å². The molecule has 1 nitrogen and oxygen atoms in total. The normalized spacial score (nSPS) is 10.6. The number of rotatable bonds is 3. The highest BCUT2D eigenvalue weighted by atomic mass is 32.1. The van der Waals surface area contributed by atoms with Crippen LogP contribution in [0.5, 0.6) is 0 Å². The molecule has 0 amide bonds. The maximum absolute atomic E-state index is 10.9. The van der Waals surface area contributed by atoms with Crippen LogP contribution in [0.3, 0.4) is 0 Å². The van der Waals surface area contributed by atoms with Gasteiger partial charge in [-0.2, -0.15) is 0 Å². The lowest BCUT2D eigenvalue weighted by Crippen LogP contribution is -1.85. The molecule has 1 aromatic heterocycles. The number of aldehydes is 1. The summed E-state index contributed by atoms with van der Waals surface area (Å²) in [7, 11) is 0.